The van der Waals surface area contributed by atoms with Crippen molar-refractivity contribution in [2.75, 3.05) is 7.11 Å². The highest BCUT2D eigenvalue weighted by Gasteiger charge is 2.20. The summed E-state index contributed by atoms with van der Waals surface area (Å²) in [5.74, 6) is -1.21. The molecule has 17 heavy (non-hydrogen) atoms. The van der Waals surface area contributed by atoms with E-state index in [9.17, 15) is 18.3 Å². The number of hydrogen-bond donors (Lipinski definition) is 1. The number of carbonyl (C=O) groups excluding carboxylic acids is 1. The summed E-state index contributed by atoms with van der Waals surface area (Å²) >= 11 is 5.63. The lowest BCUT2D eigenvalue weighted by atomic mass is 10.1. The zero-order valence-electron chi connectivity index (χ0n) is 8.61. The van der Waals surface area contributed by atoms with Crippen molar-refractivity contribution in [2.24, 2.45) is 0 Å². The topological polar surface area (TPSA) is 80.7 Å². The van der Waals surface area contributed by atoms with Crippen LogP contribution in [0.25, 0.3) is 0 Å². The van der Waals surface area contributed by atoms with Crippen molar-refractivity contribution in [1.82, 2.24) is 0 Å². The van der Waals surface area contributed by atoms with Gasteiger partial charge in [-0.15, -0.1) is 0 Å². The second-order valence-electron chi connectivity index (χ2n) is 3.12. The minimum atomic E-state index is -4.14. The van der Waals surface area contributed by atoms with Crippen molar-refractivity contribution in [3.05, 3.63) is 22.7 Å². The minimum Gasteiger partial charge on any atom is -0.505 e. The van der Waals surface area contributed by atoms with Crippen molar-refractivity contribution in [3.8, 4) is 5.75 Å². The summed E-state index contributed by atoms with van der Waals surface area (Å²) in [6.07, 6.45) is -0.171. The average molecular weight is 299 g/mol. The molecule has 0 amide bonds. The fourth-order valence-corrected chi connectivity index (χ4v) is 2.44. The Morgan fingerprint density at radius 1 is 1.47 bits per heavy atom. The van der Waals surface area contributed by atoms with E-state index in [1.165, 1.54) is 13.2 Å². The van der Waals surface area contributed by atoms with Crippen LogP contribution in [-0.2, 0) is 25.0 Å². The van der Waals surface area contributed by atoms with Gasteiger partial charge in [-0.2, -0.15) is 0 Å². The molecule has 0 saturated heterocycles. The third-order valence-corrected chi connectivity index (χ3v) is 3.55. The van der Waals surface area contributed by atoms with Gasteiger partial charge >= 0.3 is 5.97 Å². The third kappa shape index (κ3) is 3.49. The highest BCUT2D eigenvalue weighted by Crippen LogP contribution is 2.34. The fraction of sp³-hybridized carbons (Fsp3) is 0.222. The molecule has 0 saturated carbocycles. The Morgan fingerprint density at radius 2 is 2.06 bits per heavy atom. The number of carbonyl (C=O) groups is 1. The first-order valence-corrected chi connectivity index (χ1v) is 6.97. The predicted octanol–water partition coefficient (Wildman–Crippen LogP) is 1.69. The summed E-state index contributed by atoms with van der Waals surface area (Å²) in [7, 11) is 2.18. The zero-order valence-corrected chi connectivity index (χ0v) is 10.9. The quantitative estimate of drug-likeness (QED) is 0.678. The Labute approximate surface area is 107 Å². The Bertz CT molecular complexity index is 553. The minimum absolute atomic E-state index is 0.171. The van der Waals surface area contributed by atoms with Gasteiger partial charge in [-0.25, -0.2) is 8.42 Å². The normalized spacial score (nSPS) is 11.2. The smallest absolute Gasteiger partial charge is 0.309 e. The van der Waals surface area contributed by atoms with Crippen molar-refractivity contribution in [3.63, 3.8) is 0 Å². The van der Waals surface area contributed by atoms with E-state index in [-0.39, 0.29) is 17.0 Å². The first-order valence-electron chi connectivity index (χ1n) is 4.28. The number of phenolic OH excluding ortho intramolecular Hbond substituents is 1. The summed E-state index contributed by atoms with van der Waals surface area (Å²) in [4.78, 5) is 10.5. The molecular weight excluding hydrogens is 291 g/mol. The number of hydrogen-bond acceptors (Lipinski definition) is 5. The standard InChI is InChI=1S/C9H8Cl2O5S/c1-16-8(12)4-5-2-6(10)9(13)7(3-5)17(11,14)15/h2-3,13H,4H2,1H3. The SMILES string of the molecule is COC(=O)Cc1cc(Cl)c(O)c(S(=O)(=O)Cl)c1. The first-order chi connectivity index (χ1) is 7.75. The van der Waals surface area contributed by atoms with Gasteiger partial charge in [-0.3, -0.25) is 4.79 Å². The van der Waals surface area contributed by atoms with Gasteiger partial charge in [0.25, 0.3) is 9.05 Å². The van der Waals surface area contributed by atoms with Crippen LogP contribution < -0.4 is 0 Å². The Kier molecular flexibility index (Phi) is 4.24. The van der Waals surface area contributed by atoms with E-state index in [4.69, 9.17) is 22.3 Å². The number of rotatable bonds is 3. The molecule has 0 atom stereocenters. The lowest BCUT2D eigenvalue weighted by Crippen LogP contribution is -2.05. The molecule has 1 rings (SSSR count). The van der Waals surface area contributed by atoms with Crippen LogP contribution in [-0.4, -0.2) is 26.6 Å². The van der Waals surface area contributed by atoms with Crippen LogP contribution in [0.3, 0.4) is 0 Å². The molecule has 8 heteroatoms. The highest BCUT2D eigenvalue weighted by atomic mass is 35.7. The maximum atomic E-state index is 11.1. The largest absolute Gasteiger partial charge is 0.505 e. The number of benzene rings is 1. The van der Waals surface area contributed by atoms with Crippen molar-refractivity contribution in [1.29, 1.82) is 0 Å². The third-order valence-electron chi connectivity index (χ3n) is 1.93. The van der Waals surface area contributed by atoms with Gasteiger partial charge in [-0.1, -0.05) is 11.6 Å². The van der Waals surface area contributed by atoms with Crippen LogP contribution in [0.4, 0.5) is 0 Å². The Morgan fingerprint density at radius 3 is 2.53 bits per heavy atom. The van der Waals surface area contributed by atoms with E-state index in [0.29, 0.717) is 0 Å². The van der Waals surface area contributed by atoms with E-state index in [0.717, 1.165) is 6.07 Å². The number of aromatic hydroxyl groups is 1. The maximum Gasteiger partial charge on any atom is 0.309 e. The zero-order chi connectivity index (χ0) is 13.2. The molecule has 0 aliphatic carbocycles. The fourth-order valence-electron chi connectivity index (χ4n) is 1.15. The average Bonchev–Trinajstić information content (AvgIpc) is 2.21. The highest BCUT2D eigenvalue weighted by molar-refractivity contribution is 8.13. The maximum absolute atomic E-state index is 11.1. The Balaban J connectivity index is 3.29. The molecule has 94 valence electrons. The number of ether oxygens (including phenoxy) is 1. The molecule has 0 heterocycles. The number of halogens is 2. The van der Waals surface area contributed by atoms with Crippen LogP contribution in [0.15, 0.2) is 17.0 Å². The van der Waals surface area contributed by atoms with Gasteiger partial charge in [0.05, 0.1) is 18.6 Å². The molecule has 0 radical (unpaired) electrons. The second kappa shape index (κ2) is 5.12. The molecular formula is C9H8Cl2O5S. The molecule has 1 N–H and O–H groups in total. The Hall–Kier alpha value is -0.980. The summed E-state index contributed by atoms with van der Waals surface area (Å²) < 4.78 is 26.7. The first kappa shape index (κ1) is 14.1. The molecule has 0 spiro atoms. The monoisotopic (exact) mass is 298 g/mol. The summed E-state index contributed by atoms with van der Waals surface area (Å²) in [5.41, 5.74) is 0.277. The van der Waals surface area contributed by atoms with E-state index in [2.05, 4.69) is 4.74 Å². The molecule has 0 aliphatic rings. The molecule has 1 aromatic rings. The van der Waals surface area contributed by atoms with E-state index >= 15 is 0 Å². The van der Waals surface area contributed by atoms with Crippen molar-refractivity contribution in [2.45, 2.75) is 11.3 Å². The van der Waals surface area contributed by atoms with Crippen LogP contribution in [0.2, 0.25) is 5.02 Å². The van der Waals surface area contributed by atoms with Crippen LogP contribution >= 0.6 is 22.3 Å². The lowest BCUT2D eigenvalue weighted by molar-refractivity contribution is -0.139. The molecule has 0 fully saturated rings. The van der Waals surface area contributed by atoms with E-state index in [1.54, 1.807) is 0 Å². The van der Waals surface area contributed by atoms with Gasteiger partial charge < -0.3 is 9.84 Å². The van der Waals surface area contributed by atoms with Crippen LogP contribution in [0.1, 0.15) is 5.56 Å². The molecule has 0 unspecified atom stereocenters. The van der Waals surface area contributed by atoms with Gasteiger partial charge in [0.15, 0.2) is 5.75 Å². The number of phenols is 1. The molecule has 0 aromatic heterocycles. The predicted molar refractivity (Wildman–Crippen MR) is 61.9 cm³/mol. The van der Waals surface area contributed by atoms with Crippen molar-refractivity contribution < 1.29 is 23.1 Å². The van der Waals surface area contributed by atoms with Gasteiger partial charge in [-0.05, 0) is 17.7 Å². The van der Waals surface area contributed by atoms with E-state index in [1.807, 2.05) is 0 Å². The molecule has 0 aliphatic heterocycles. The summed E-state index contributed by atoms with van der Waals surface area (Å²) in [6.45, 7) is 0. The molecule has 1 aromatic carbocycles. The second-order valence-corrected chi connectivity index (χ2v) is 6.06. The van der Waals surface area contributed by atoms with Gasteiger partial charge in [0, 0.05) is 10.7 Å². The summed E-state index contributed by atoms with van der Waals surface area (Å²) in [6, 6.07) is 2.33. The van der Waals surface area contributed by atoms with E-state index < -0.39 is 25.7 Å². The van der Waals surface area contributed by atoms with Crippen molar-refractivity contribution >= 4 is 37.3 Å². The molecule has 5 nitrogen and oxygen atoms in total. The van der Waals surface area contributed by atoms with Gasteiger partial charge in [0.1, 0.15) is 4.90 Å². The summed E-state index contributed by atoms with van der Waals surface area (Å²) in [5, 5.41) is 9.23. The molecule has 0 bridgehead atoms. The van der Waals surface area contributed by atoms with Gasteiger partial charge in [0.2, 0.25) is 0 Å². The number of methoxy groups -OCH3 is 1. The van der Waals surface area contributed by atoms with Crippen LogP contribution in [0.5, 0.6) is 5.75 Å². The number of esters is 1. The van der Waals surface area contributed by atoms with Crippen LogP contribution in [0, 0.1) is 0 Å². The lowest BCUT2D eigenvalue weighted by Gasteiger charge is -2.06.